The van der Waals surface area contributed by atoms with Gasteiger partial charge in [0, 0.05) is 19.6 Å². The van der Waals surface area contributed by atoms with Gasteiger partial charge >= 0.3 is 0 Å². The molecule has 1 aliphatic carbocycles. The van der Waals surface area contributed by atoms with Gasteiger partial charge in [-0.15, -0.1) is 0 Å². The topological polar surface area (TPSA) is 32.3 Å². The fourth-order valence-electron chi connectivity index (χ4n) is 2.30. The molecule has 13 heavy (non-hydrogen) atoms. The smallest absolute Gasteiger partial charge is 0.234 e. The Morgan fingerprint density at radius 3 is 2.85 bits per heavy atom. The Bertz CT molecular complexity index is 211. The van der Waals surface area contributed by atoms with Crippen LogP contribution in [0.4, 0.5) is 0 Å². The Labute approximate surface area is 79.5 Å². The van der Waals surface area contributed by atoms with Crippen LogP contribution in [-0.4, -0.2) is 37.0 Å². The fraction of sp³-hybridized carbons (Fsp3) is 0.900. The average molecular weight is 182 g/mol. The van der Waals surface area contributed by atoms with Crippen LogP contribution in [0.15, 0.2) is 0 Å². The van der Waals surface area contributed by atoms with E-state index in [1.54, 1.807) is 0 Å². The van der Waals surface area contributed by atoms with Gasteiger partial charge in [-0.1, -0.05) is 13.3 Å². The average Bonchev–Trinajstić information content (AvgIpc) is 2.01. The van der Waals surface area contributed by atoms with Gasteiger partial charge in [0.25, 0.3) is 0 Å². The summed E-state index contributed by atoms with van der Waals surface area (Å²) in [5.74, 6) is 0.189. The van der Waals surface area contributed by atoms with Gasteiger partial charge in [0.2, 0.25) is 5.91 Å². The second-order valence-electron chi connectivity index (χ2n) is 4.72. The summed E-state index contributed by atoms with van der Waals surface area (Å²) in [4.78, 5) is 13.4. The summed E-state index contributed by atoms with van der Waals surface area (Å²) in [5.41, 5.74) is 0.512. The van der Waals surface area contributed by atoms with Crippen molar-refractivity contribution in [2.45, 2.75) is 26.2 Å². The molecule has 0 aromatic carbocycles. The van der Waals surface area contributed by atoms with Gasteiger partial charge in [0.05, 0.1) is 6.54 Å². The van der Waals surface area contributed by atoms with Crippen molar-refractivity contribution in [1.29, 1.82) is 0 Å². The number of nitrogens with one attached hydrogen (secondary N) is 1. The molecule has 0 aromatic rings. The summed E-state index contributed by atoms with van der Waals surface area (Å²) in [6.45, 7) is 5.91. The summed E-state index contributed by atoms with van der Waals surface area (Å²) >= 11 is 0. The molecule has 0 atom stereocenters. The van der Waals surface area contributed by atoms with E-state index >= 15 is 0 Å². The van der Waals surface area contributed by atoms with Crippen molar-refractivity contribution in [1.82, 2.24) is 10.2 Å². The summed E-state index contributed by atoms with van der Waals surface area (Å²) in [6.07, 6.45) is 4.05. The summed E-state index contributed by atoms with van der Waals surface area (Å²) in [5, 5.41) is 2.85. The van der Waals surface area contributed by atoms with E-state index in [1.807, 2.05) is 0 Å². The van der Waals surface area contributed by atoms with Crippen molar-refractivity contribution >= 4 is 5.91 Å². The van der Waals surface area contributed by atoms with Crippen molar-refractivity contribution in [2.24, 2.45) is 5.41 Å². The molecule has 1 saturated heterocycles. The van der Waals surface area contributed by atoms with Crippen molar-refractivity contribution in [3.63, 3.8) is 0 Å². The number of nitrogens with zero attached hydrogens (tertiary/aromatic N) is 1. The van der Waals surface area contributed by atoms with Crippen molar-refractivity contribution in [2.75, 3.05) is 26.2 Å². The van der Waals surface area contributed by atoms with Crippen molar-refractivity contribution in [3.05, 3.63) is 0 Å². The first-order chi connectivity index (χ1) is 6.18. The molecule has 3 heteroatoms. The SMILES string of the molecule is CC1(CN2CCNC(=O)C2)CCC1. The second-order valence-corrected chi connectivity index (χ2v) is 4.72. The number of hydrogen-bond donors (Lipinski definition) is 1. The van der Waals surface area contributed by atoms with Crippen LogP contribution in [0.3, 0.4) is 0 Å². The van der Waals surface area contributed by atoms with Crippen LogP contribution in [0.5, 0.6) is 0 Å². The monoisotopic (exact) mass is 182 g/mol. The predicted molar refractivity (Wildman–Crippen MR) is 51.4 cm³/mol. The van der Waals surface area contributed by atoms with Crippen LogP contribution in [-0.2, 0) is 4.79 Å². The van der Waals surface area contributed by atoms with E-state index in [0.717, 1.165) is 19.6 Å². The number of carbonyl (C=O) groups excluding carboxylic acids is 1. The molecule has 1 amide bonds. The van der Waals surface area contributed by atoms with E-state index < -0.39 is 0 Å². The maximum atomic E-state index is 11.1. The Morgan fingerprint density at radius 2 is 2.31 bits per heavy atom. The third-order valence-electron chi connectivity index (χ3n) is 3.28. The Balaban J connectivity index is 1.83. The molecule has 0 unspecified atom stereocenters. The Hall–Kier alpha value is -0.570. The Morgan fingerprint density at radius 1 is 1.54 bits per heavy atom. The molecule has 74 valence electrons. The molecule has 0 spiro atoms. The van der Waals surface area contributed by atoms with Crippen molar-refractivity contribution < 1.29 is 4.79 Å². The molecule has 0 bridgehead atoms. The minimum atomic E-state index is 0.189. The van der Waals surface area contributed by atoms with E-state index in [0.29, 0.717) is 12.0 Å². The van der Waals surface area contributed by atoms with Crippen LogP contribution in [0.25, 0.3) is 0 Å². The first-order valence-electron chi connectivity index (χ1n) is 5.17. The molecule has 1 aliphatic heterocycles. The maximum absolute atomic E-state index is 11.1. The van der Waals surface area contributed by atoms with E-state index in [9.17, 15) is 4.79 Å². The number of rotatable bonds is 2. The molecule has 1 saturated carbocycles. The lowest BCUT2D eigenvalue weighted by molar-refractivity contribution is -0.124. The highest BCUT2D eigenvalue weighted by Crippen LogP contribution is 2.40. The van der Waals surface area contributed by atoms with Gasteiger partial charge in [0.1, 0.15) is 0 Å². The largest absolute Gasteiger partial charge is 0.354 e. The van der Waals surface area contributed by atoms with E-state index in [4.69, 9.17) is 0 Å². The van der Waals surface area contributed by atoms with Gasteiger partial charge in [-0.25, -0.2) is 0 Å². The van der Waals surface area contributed by atoms with Crippen LogP contribution >= 0.6 is 0 Å². The minimum Gasteiger partial charge on any atom is -0.354 e. The lowest BCUT2D eigenvalue weighted by Crippen LogP contribution is -2.51. The highest BCUT2D eigenvalue weighted by molar-refractivity contribution is 5.78. The standard InChI is InChI=1S/C10H18N2O/c1-10(3-2-4-10)8-12-6-5-11-9(13)7-12/h2-8H2,1H3,(H,11,13). The molecule has 3 nitrogen and oxygen atoms in total. The first-order valence-corrected chi connectivity index (χ1v) is 5.17. The maximum Gasteiger partial charge on any atom is 0.234 e. The molecule has 0 radical (unpaired) electrons. The number of carbonyl (C=O) groups is 1. The zero-order valence-corrected chi connectivity index (χ0v) is 8.31. The summed E-state index contributed by atoms with van der Waals surface area (Å²) < 4.78 is 0. The van der Waals surface area contributed by atoms with Gasteiger partial charge in [-0.05, 0) is 18.3 Å². The summed E-state index contributed by atoms with van der Waals surface area (Å²) in [6, 6.07) is 0. The minimum absolute atomic E-state index is 0.189. The fourth-order valence-corrected chi connectivity index (χ4v) is 2.30. The van der Waals surface area contributed by atoms with E-state index in [1.165, 1.54) is 19.3 Å². The van der Waals surface area contributed by atoms with Gasteiger partial charge in [0.15, 0.2) is 0 Å². The van der Waals surface area contributed by atoms with E-state index in [-0.39, 0.29) is 5.91 Å². The molecule has 1 N–H and O–H groups in total. The molecule has 0 aromatic heterocycles. The first kappa shape index (κ1) is 9.00. The second kappa shape index (κ2) is 3.29. The van der Waals surface area contributed by atoms with Crippen LogP contribution in [0, 0.1) is 5.41 Å². The number of amides is 1. The third-order valence-corrected chi connectivity index (χ3v) is 3.28. The van der Waals surface area contributed by atoms with Gasteiger partial charge in [-0.2, -0.15) is 0 Å². The Kier molecular flexibility index (Phi) is 2.28. The molecular weight excluding hydrogens is 164 g/mol. The van der Waals surface area contributed by atoms with E-state index in [2.05, 4.69) is 17.1 Å². The molecule has 1 heterocycles. The summed E-state index contributed by atoms with van der Waals surface area (Å²) in [7, 11) is 0. The highest BCUT2D eigenvalue weighted by atomic mass is 16.2. The molecule has 2 rings (SSSR count). The van der Waals surface area contributed by atoms with Crippen LogP contribution < -0.4 is 5.32 Å². The zero-order valence-electron chi connectivity index (χ0n) is 8.31. The lowest BCUT2D eigenvalue weighted by Gasteiger charge is -2.43. The number of piperazine rings is 1. The molecule has 2 fully saturated rings. The molecular formula is C10H18N2O. The highest BCUT2D eigenvalue weighted by Gasteiger charge is 2.34. The van der Waals surface area contributed by atoms with Gasteiger partial charge < -0.3 is 5.32 Å². The van der Waals surface area contributed by atoms with Crippen LogP contribution in [0.1, 0.15) is 26.2 Å². The predicted octanol–water partition coefficient (Wildman–Crippen LogP) is 0.608. The van der Waals surface area contributed by atoms with Crippen LogP contribution in [0.2, 0.25) is 0 Å². The molecule has 2 aliphatic rings. The zero-order chi connectivity index (χ0) is 9.31. The van der Waals surface area contributed by atoms with Crippen molar-refractivity contribution in [3.8, 4) is 0 Å². The quantitative estimate of drug-likeness (QED) is 0.678. The van der Waals surface area contributed by atoms with Gasteiger partial charge in [-0.3, -0.25) is 9.69 Å². The lowest BCUT2D eigenvalue weighted by atomic mass is 9.70. The normalized spacial score (nSPS) is 27.9. The number of hydrogen-bond acceptors (Lipinski definition) is 2. The third kappa shape index (κ3) is 2.02.